The van der Waals surface area contributed by atoms with E-state index >= 15 is 0 Å². The summed E-state index contributed by atoms with van der Waals surface area (Å²) >= 11 is 0. The van der Waals surface area contributed by atoms with Gasteiger partial charge < -0.3 is 15.1 Å². The van der Waals surface area contributed by atoms with Crippen LogP contribution in [0.1, 0.15) is 35.7 Å². The summed E-state index contributed by atoms with van der Waals surface area (Å²) in [7, 11) is 3.43. The standard InChI is InChI=1S/C17H25N3O2/c1-4-11-20(12-16(21)19(2)3)17(22)14-7-5-9-15-13(14)8-6-10-18-15/h5,7,9,18H,4,6,8,10-12H2,1-3H3. The topological polar surface area (TPSA) is 52.7 Å². The Morgan fingerprint density at radius 1 is 1.27 bits per heavy atom. The van der Waals surface area contributed by atoms with Crippen LogP contribution in [0.3, 0.4) is 0 Å². The van der Waals surface area contributed by atoms with E-state index in [1.807, 2.05) is 25.1 Å². The predicted octanol–water partition coefficient (Wildman–Crippen LogP) is 1.99. The number of anilines is 1. The van der Waals surface area contributed by atoms with Gasteiger partial charge in [0.25, 0.3) is 5.91 Å². The first-order valence-electron chi connectivity index (χ1n) is 7.89. The molecule has 120 valence electrons. The zero-order valence-electron chi connectivity index (χ0n) is 13.7. The highest BCUT2D eigenvalue weighted by atomic mass is 16.2. The van der Waals surface area contributed by atoms with Crippen LogP contribution < -0.4 is 5.32 Å². The first-order valence-corrected chi connectivity index (χ1v) is 7.89. The Balaban J connectivity index is 2.25. The summed E-state index contributed by atoms with van der Waals surface area (Å²) in [6.45, 7) is 3.69. The van der Waals surface area contributed by atoms with Crippen molar-refractivity contribution in [3.8, 4) is 0 Å². The van der Waals surface area contributed by atoms with E-state index in [1.165, 1.54) is 4.90 Å². The molecule has 0 atom stereocenters. The molecule has 0 fully saturated rings. The molecule has 0 unspecified atom stereocenters. The van der Waals surface area contributed by atoms with Crippen molar-refractivity contribution in [3.05, 3.63) is 29.3 Å². The second-order valence-electron chi connectivity index (χ2n) is 5.88. The van der Waals surface area contributed by atoms with E-state index in [4.69, 9.17) is 0 Å². The maximum Gasteiger partial charge on any atom is 0.254 e. The highest BCUT2D eigenvalue weighted by Gasteiger charge is 2.23. The van der Waals surface area contributed by atoms with Crippen LogP contribution in [0.25, 0.3) is 0 Å². The quantitative estimate of drug-likeness (QED) is 0.905. The van der Waals surface area contributed by atoms with Crippen molar-refractivity contribution in [2.24, 2.45) is 0 Å². The summed E-state index contributed by atoms with van der Waals surface area (Å²) in [5.74, 6) is -0.0951. The minimum atomic E-state index is -0.0512. The summed E-state index contributed by atoms with van der Waals surface area (Å²) in [5, 5.41) is 3.34. The van der Waals surface area contributed by atoms with Crippen molar-refractivity contribution in [1.82, 2.24) is 9.80 Å². The molecular weight excluding hydrogens is 278 g/mol. The van der Waals surface area contributed by atoms with Gasteiger partial charge in [-0.15, -0.1) is 0 Å². The van der Waals surface area contributed by atoms with E-state index in [2.05, 4.69) is 5.32 Å². The fourth-order valence-corrected chi connectivity index (χ4v) is 2.71. The number of carbonyl (C=O) groups excluding carboxylic acids is 2. The van der Waals surface area contributed by atoms with Gasteiger partial charge in [-0.25, -0.2) is 0 Å². The van der Waals surface area contributed by atoms with Gasteiger partial charge in [-0.1, -0.05) is 13.0 Å². The zero-order valence-corrected chi connectivity index (χ0v) is 13.7. The molecule has 1 aromatic carbocycles. The van der Waals surface area contributed by atoms with Gasteiger partial charge in [-0.3, -0.25) is 9.59 Å². The number of carbonyl (C=O) groups is 2. The van der Waals surface area contributed by atoms with Crippen LogP contribution >= 0.6 is 0 Å². The van der Waals surface area contributed by atoms with Crippen LogP contribution in [-0.2, 0) is 11.2 Å². The third-order valence-electron chi connectivity index (χ3n) is 3.93. The van der Waals surface area contributed by atoms with Crippen molar-refractivity contribution < 1.29 is 9.59 Å². The maximum atomic E-state index is 12.9. The molecule has 2 amide bonds. The van der Waals surface area contributed by atoms with Crippen LogP contribution in [-0.4, -0.2) is 55.3 Å². The lowest BCUT2D eigenvalue weighted by Crippen LogP contribution is -2.41. The maximum absolute atomic E-state index is 12.9. The van der Waals surface area contributed by atoms with E-state index < -0.39 is 0 Å². The van der Waals surface area contributed by atoms with Crippen molar-refractivity contribution in [3.63, 3.8) is 0 Å². The Bertz CT molecular complexity index is 555. The molecule has 0 saturated heterocycles. The summed E-state index contributed by atoms with van der Waals surface area (Å²) in [5.41, 5.74) is 2.86. The highest BCUT2D eigenvalue weighted by Crippen LogP contribution is 2.26. The average molecular weight is 303 g/mol. The van der Waals surface area contributed by atoms with E-state index in [-0.39, 0.29) is 18.4 Å². The molecule has 1 aliphatic heterocycles. The molecule has 0 radical (unpaired) electrons. The van der Waals surface area contributed by atoms with Gasteiger partial charge in [0, 0.05) is 38.4 Å². The SMILES string of the molecule is CCCN(CC(=O)N(C)C)C(=O)c1cccc2c1CCCN2. The number of likely N-dealkylation sites (N-methyl/N-ethyl adjacent to an activating group) is 1. The van der Waals surface area contributed by atoms with Gasteiger partial charge in [0.1, 0.15) is 6.54 Å². The Morgan fingerprint density at radius 2 is 2.05 bits per heavy atom. The summed E-state index contributed by atoms with van der Waals surface area (Å²) in [6.07, 6.45) is 2.77. The van der Waals surface area contributed by atoms with Crippen LogP contribution in [0.2, 0.25) is 0 Å². The fraction of sp³-hybridized carbons (Fsp3) is 0.529. The highest BCUT2D eigenvalue weighted by molar-refractivity contribution is 5.99. The van der Waals surface area contributed by atoms with Gasteiger partial charge in [0.2, 0.25) is 5.91 Å². The molecule has 0 bridgehead atoms. The van der Waals surface area contributed by atoms with Gasteiger partial charge in [0.05, 0.1) is 0 Å². The Hall–Kier alpha value is -2.04. The molecule has 0 saturated carbocycles. The van der Waals surface area contributed by atoms with Crippen LogP contribution in [0.5, 0.6) is 0 Å². The lowest BCUT2D eigenvalue weighted by molar-refractivity contribution is -0.129. The second-order valence-corrected chi connectivity index (χ2v) is 5.88. The third kappa shape index (κ3) is 3.59. The molecule has 1 aliphatic rings. The molecule has 22 heavy (non-hydrogen) atoms. The van der Waals surface area contributed by atoms with Gasteiger partial charge >= 0.3 is 0 Å². The van der Waals surface area contributed by atoms with E-state index in [0.717, 1.165) is 42.6 Å². The van der Waals surface area contributed by atoms with Crippen molar-refractivity contribution >= 4 is 17.5 Å². The molecule has 5 nitrogen and oxygen atoms in total. The Kier molecular flexibility index (Phi) is 5.41. The van der Waals surface area contributed by atoms with Crippen LogP contribution in [0.15, 0.2) is 18.2 Å². The van der Waals surface area contributed by atoms with Gasteiger partial charge in [-0.2, -0.15) is 0 Å². The zero-order chi connectivity index (χ0) is 16.1. The number of hydrogen-bond acceptors (Lipinski definition) is 3. The third-order valence-corrected chi connectivity index (χ3v) is 3.93. The number of nitrogens with zero attached hydrogens (tertiary/aromatic N) is 2. The number of nitrogens with one attached hydrogen (secondary N) is 1. The van der Waals surface area contributed by atoms with Gasteiger partial charge in [0.15, 0.2) is 0 Å². The first kappa shape index (κ1) is 16.3. The van der Waals surface area contributed by atoms with Crippen molar-refractivity contribution in [2.75, 3.05) is 39.0 Å². The second kappa shape index (κ2) is 7.29. The number of rotatable bonds is 5. The lowest BCUT2D eigenvalue weighted by atomic mass is 9.96. The van der Waals surface area contributed by atoms with E-state index in [9.17, 15) is 9.59 Å². The van der Waals surface area contributed by atoms with E-state index in [0.29, 0.717) is 6.54 Å². The summed E-state index contributed by atoms with van der Waals surface area (Å²) < 4.78 is 0. The summed E-state index contributed by atoms with van der Waals surface area (Å²) in [6, 6.07) is 5.79. The molecular formula is C17H25N3O2. The Labute approximate surface area is 132 Å². The van der Waals surface area contributed by atoms with Crippen molar-refractivity contribution in [1.29, 1.82) is 0 Å². The molecule has 1 N–H and O–H groups in total. The predicted molar refractivity (Wildman–Crippen MR) is 88.1 cm³/mol. The number of hydrogen-bond donors (Lipinski definition) is 1. The minimum Gasteiger partial charge on any atom is -0.385 e. The first-order chi connectivity index (χ1) is 10.5. The summed E-state index contributed by atoms with van der Waals surface area (Å²) in [4.78, 5) is 28.0. The Morgan fingerprint density at radius 3 is 2.73 bits per heavy atom. The monoisotopic (exact) mass is 303 g/mol. The lowest BCUT2D eigenvalue weighted by Gasteiger charge is -2.26. The smallest absolute Gasteiger partial charge is 0.254 e. The molecule has 0 spiro atoms. The van der Waals surface area contributed by atoms with Gasteiger partial charge in [-0.05, 0) is 37.0 Å². The largest absolute Gasteiger partial charge is 0.385 e. The van der Waals surface area contributed by atoms with E-state index in [1.54, 1.807) is 19.0 Å². The van der Waals surface area contributed by atoms with Crippen LogP contribution in [0.4, 0.5) is 5.69 Å². The normalized spacial score (nSPS) is 13.0. The number of benzene rings is 1. The molecule has 1 heterocycles. The number of amides is 2. The molecule has 1 aromatic rings. The minimum absolute atomic E-state index is 0.0439. The molecule has 0 aromatic heterocycles. The molecule has 0 aliphatic carbocycles. The van der Waals surface area contributed by atoms with Crippen molar-refractivity contribution in [2.45, 2.75) is 26.2 Å². The van der Waals surface area contributed by atoms with Crippen LogP contribution in [0, 0.1) is 0 Å². The molecule has 2 rings (SSSR count). The molecule has 5 heteroatoms. The average Bonchev–Trinajstić information content (AvgIpc) is 2.53. The fourth-order valence-electron chi connectivity index (χ4n) is 2.71. The number of fused-ring (bicyclic) bond motifs is 1.